The van der Waals surface area contributed by atoms with Gasteiger partial charge in [0, 0.05) is 5.92 Å². The van der Waals surface area contributed by atoms with Gasteiger partial charge in [0.25, 0.3) is 0 Å². The summed E-state index contributed by atoms with van der Waals surface area (Å²) in [5.74, 6) is 0.293. The molecule has 0 aromatic heterocycles. The Balaban J connectivity index is 1.80. The molecule has 0 saturated carbocycles. The van der Waals surface area contributed by atoms with Crippen molar-refractivity contribution < 1.29 is 5.11 Å². The van der Waals surface area contributed by atoms with E-state index in [4.69, 9.17) is 0 Å². The zero-order valence-corrected chi connectivity index (χ0v) is 12.8. The van der Waals surface area contributed by atoms with Gasteiger partial charge in [-0.15, -0.1) is 0 Å². The molecular formula is C22H17O. The van der Waals surface area contributed by atoms with E-state index in [0.29, 0.717) is 5.92 Å². The van der Waals surface area contributed by atoms with Crippen molar-refractivity contribution in [3.05, 3.63) is 101 Å². The molecule has 1 heteroatoms. The highest BCUT2D eigenvalue weighted by Crippen LogP contribution is 2.39. The second-order valence-corrected chi connectivity index (χ2v) is 5.89. The van der Waals surface area contributed by atoms with Gasteiger partial charge >= 0.3 is 0 Å². The van der Waals surface area contributed by atoms with E-state index in [2.05, 4.69) is 72.8 Å². The molecule has 4 rings (SSSR count). The van der Waals surface area contributed by atoms with Gasteiger partial charge in [-0.2, -0.15) is 0 Å². The fourth-order valence-corrected chi connectivity index (χ4v) is 3.33. The Hall–Kier alpha value is -2.64. The maximum atomic E-state index is 11.0. The van der Waals surface area contributed by atoms with Crippen molar-refractivity contribution >= 4 is 6.08 Å². The highest BCUT2D eigenvalue weighted by atomic mass is 16.3. The van der Waals surface area contributed by atoms with Crippen LogP contribution in [-0.2, 0) is 11.7 Å². The van der Waals surface area contributed by atoms with E-state index in [1.54, 1.807) is 0 Å². The van der Waals surface area contributed by atoms with E-state index in [1.807, 2.05) is 12.1 Å². The topological polar surface area (TPSA) is 19.9 Å². The average molecular weight is 297 g/mol. The Bertz CT molecular complexity index is 859. The Kier molecular flexibility index (Phi) is 3.57. The minimum Gasteiger partial charge on any atom is -0.232 e. The van der Waals surface area contributed by atoms with E-state index < -0.39 is 0 Å². The summed E-state index contributed by atoms with van der Waals surface area (Å²) in [7, 11) is 0. The lowest BCUT2D eigenvalue weighted by molar-refractivity contribution is 0.177. The standard InChI is InChI=1S/C22H17O/c23-15-16-9-11-18(12-10-16)20-7-3-4-8-21(20)22-14-13-17-5-1-2-6-19(17)22/h1-14,22H,15H2. The predicted molar refractivity (Wildman–Crippen MR) is 93.6 cm³/mol. The molecule has 1 unspecified atom stereocenters. The van der Waals surface area contributed by atoms with Gasteiger partial charge in [-0.25, -0.2) is 5.11 Å². The highest BCUT2D eigenvalue weighted by molar-refractivity contribution is 5.73. The molecule has 3 aromatic carbocycles. The van der Waals surface area contributed by atoms with Gasteiger partial charge in [-0.05, 0) is 33.4 Å². The van der Waals surface area contributed by atoms with Crippen LogP contribution in [0, 0.1) is 0 Å². The summed E-state index contributed by atoms with van der Waals surface area (Å²) in [5.41, 5.74) is 7.19. The summed E-state index contributed by atoms with van der Waals surface area (Å²) < 4.78 is 0. The second-order valence-electron chi connectivity index (χ2n) is 5.89. The molecule has 0 amide bonds. The van der Waals surface area contributed by atoms with Gasteiger partial charge in [-0.3, -0.25) is 0 Å². The van der Waals surface area contributed by atoms with Crippen LogP contribution in [0.1, 0.15) is 28.2 Å². The van der Waals surface area contributed by atoms with Gasteiger partial charge in [0.05, 0.1) is 0 Å². The molecule has 3 aromatic rings. The highest BCUT2D eigenvalue weighted by Gasteiger charge is 2.21. The minimum atomic E-state index is -0.166. The molecular weight excluding hydrogens is 280 g/mol. The van der Waals surface area contributed by atoms with Crippen LogP contribution >= 0.6 is 0 Å². The quantitative estimate of drug-likeness (QED) is 0.613. The zero-order chi connectivity index (χ0) is 15.6. The average Bonchev–Trinajstić information content (AvgIpc) is 3.06. The van der Waals surface area contributed by atoms with Crippen LogP contribution in [0.5, 0.6) is 0 Å². The van der Waals surface area contributed by atoms with Crippen LogP contribution in [0.15, 0.2) is 78.9 Å². The van der Waals surface area contributed by atoms with E-state index in [1.165, 1.54) is 22.3 Å². The molecule has 0 bridgehead atoms. The van der Waals surface area contributed by atoms with Crippen LogP contribution in [0.25, 0.3) is 17.2 Å². The van der Waals surface area contributed by atoms with Crippen molar-refractivity contribution in [1.82, 2.24) is 0 Å². The molecule has 1 atom stereocenters. The lowest BCUT2D eigenvalue weighted by Gasteiger charge is -2.16. The maximum Gasteiger partial charge on any atom is 0.107 e. The van der Waals surface area contributed by atoms with Crippen LogP contribution in [0.3, 0.4) is 0 Å². The van der Waals surface area contributed by atoms with Crippen LogP contribution in [0.2, 0.25) is 0 Å². The van der Waals surface area contributed by atoms with E-state index in [-0.39, 0.29) is 6.61 Å². The smallest absolute Gasteiger partial charge is 0.107 e. The van der Waals surface area contributed by atoms with Crippen LogP contribution in [0.4, 0.5) is 0 Å². The molecule has 1 aliphatic rings. The molecule has 0 fully saturated rings. The number of hydrogen-bond acceptors (Lipinski definition) is 0. The van der Waals surface area contributed by atoms with Crippen LogP contribution in [-0.4, -0.2) is 0 Å². The van der Waals surface area contributed by atoms with Gasteiger partial charge in [0.15, 0.2) is 0 Å². The molecule has 0 aliphatic heterocycles. The third-order valence-corrected chi connectivity index (χ3v) is 4.53. The van der Waals surface area contributed by atoms with E-state index >= 15 is 0 Å². The SMILES string of the molecule is [O]Cc1ccc(-c2ccccc2C2C=Cc3ccccc32)cc1. The first-order valence-electron chi connectivity index (χ1n) is 7.90. The lowest BCUT2D eigenvalue weighted by atomic mass is 9.87. The van der Waals surface area contributed by atoms with Crippen LogP contribution < -0.4 is 0 Å². The molecule has 111 valence electrons. The Morgan fingerprint density at radius 3 is 2.22 bits per heavy atom. The van der Waals surface area contributed by atoms with Crippen molar-refractivity contribution in [3.8, 4) is 11.1 Å². The summed E-state index contributed by atoms with van der Waals surface area (Å²) in [5, 5.41) is 11.0. The van der Waals surface area contributed by atoms with Gasteiger partial charge < -0.3 is 0 Å². The zero-order valence-electron chi connectivity index (χ0n) is 12.8. The van der Waals surface area contributed by atoms with Crippen molar-refractivity contribution in [2.75, 3.05) is 0 Å². The summed E-state index contributed by atoms with van der Waals surface area (Å²) in [6, 6.07) is 25.1. The first-order chi connectivity index (χ1) is 11.4. The summed E-state index contributed by atoms with van der Waals surface area (Å²) in [4.78, 5) is 0. The van der Waals surface area contributed by atoms with Crippen molar-refractivity contribution in [3.63, 3.8) is 0 Å². The van der Waals surface area contributed by atoms with Crippen molar-refractivity contribution in [2.24, 2.45) is 0 Å². The number of hydrogen-bond donors (Lipinski definition) is 0. The predicted octanol–water partition coefficient (Wildman–Crippen LogP) is 5.44. The maximum absolute atomic E-state index is 11.0. The molecule has 0 spiro atoms. The molecule has 23 heavy (non-hydrogen) atoms. The lowest BCUT2D eigenvalue weighted by Crippen LogP contribution is -1.98. The Morgan fingerprint density at radius 1 is 0.739 bits per heavy atom. The van der Waals surface area contributed by atoms with E-state index in [9.17, 15) is 5.11 Å². The first-order valence-corrected chi connectivity index (χ1v) is 7.90. The molecule has 0 N–H and O–H groups in total. The largest absolute Gasteiger partial charge is 0.232 e. The minimum absolute atomic E-state index is 0.166. The monoisotopic (exact) mass is 297 g/mol. The fraction of sp³-hybridized carbons (Fsp3) is 0.0909. The molecule has 1 nitrogen and oxygen atoms in total. The normalized spacial score (nSPS) is 15.6. The number of allylic oxidation sites excluding steroid dienone is 1. The number of benzene rings is 3. The Labute approximate surface area is 136 Å². The van der Waals surface area contributed by atoms with Gasteiger partial charge in [-0.1, -0.05) is 84.9 Å². The molecule has 1 aliphatic carbocycles. The fourth-order valence-electron chi connectivity index (χ4n) is 3.33. The number of rotatable bonds is 3. The summed E-state index contributed by atoms with van der Waals surface area (Å²) >= 11 is 0. The van der Waals surface area contributed by atoms with Crippen molar-refractivity contribution in [1.29, 1.82) is 0 Å². The van der Waals surface area contributed by atoms with E-state index in [0.717, 1.165) is 11.1 Å². The van der Waals surface area contributed by atoms with Crippen molar-refractivity contribution in [2.45, 2.75) is 12.5 Å². The summed E-state index contributed by atoms with van der Waals surface area (Å²) in [6.07, 6.45) is 4.48. The molecule has 1 radical (unpaired) electrons. The third kappa shape index (κ3) is 2.49. The molecule has 0 heterocycles. The van der Waals surface area contributed by atoms with Gasteiger partial charge in [0.1, 0.15) is 6.61 Å². The number of fused-ring (bicyclic) bond motifs is 1. The Morgan fingerprint density at radius 2 is 1.43 bits per heavy atom. The summed E-state index contributed by atoms with van der Waals surface area (Å²) in [6.45, 7) is -0.166. The third-order valence-electron chi connectivity index (χ3n) is 4.53. The van der Waals surface area contributed by atoms with Gasteiger partial charge in [0.2, 0.25) is 0 Å². The molecule has 0 saturated heterocycles. The second kappa shape index (κ2) is 5.86. The first kappa shape index (κ1) is 14.0.